The van der Waals surface area contributed by atoms with Gasteiger partial charge in [0, 0.05) is 11.8 Å². The number of piperidine rings is 1. The van der Waals surface area contributed by atoms with Gasteiger partial charge in [-0.25, -0.2) is 0 Å². The van der Waals surface area contributed by atoms with E-state index >= 15 is 0 Å². The number of benzene rings is 1. The molecule has 1 atom stereocenters. The third kappa shape index (κ3) is 3.38. The van der Waals surface area contributed by atoms with Crippen LogP contribution >= 0.6 is 0 Å². The maximum absolute atomic E-state index is 12.1. The van der Waals surface area contributed by atoms with Crippen molar-refractivity contribution in [1.29, 1.82) is 0 Å². The smallest absolute Gasteiger partial charge is 0.241 e. The van der Waals surface area contributed by atoms with Crippen molar-refractivity contribution < 1.29 is 14.3 Å². The van der Waals surface area contributed by atoms with Crippen molar-refractivity contribution in [3.05, 3.63) is 18.2 Å². The molecule has 1 aromatic rings. The van der Waals surface area contributed by atoms with Crippen LogP contribution in [0.4, 0.5) is 5.69 Å². The van der Waals surface area contributed by atoms with E-state index in [2.05, 4.69) is 10.6 Å². The fraction of sp³-hybridized carbons (Fsp3) is 0.500. The van der Waals surface area contributed by atoms with E-state index in [1.807, 2.05) is 6.07 Å². The van der Waals surface area contributed by atoms with E-state index in [-0.39, 0.29) is 11.9 Å². The summed E-state index contributed by atoms with van der Waals surface area (Å²) in [5.74, 6) is 1.26. The molecule has 2 rings (SSSR count). The van der Waals surface area contributed by atoms with Crippen molar-refractivity contribution in [3.63, 3.8) is 0 Å². The van der Waals surface area contributed by atoms with Crippen LogP contribution in [0.25, 0.3) is 0 Å². The summed E-state index contributed by atoms with van der Waals surface area (Å²) in [5, 5.41) is 6.12. The van der Waals surface area contributed by atoms with Crippen molar-refractivity contribution in [1.82, 2.24) is 5.32 Å². The summed E-state index contributed by atoms with van der Waals surface area (Å²) >= 11 is 0. The molecule has 0 bridgehead atoms. The van der Waals surface area contributed by atoms with E-state index < -0.39 is 0 Å². The predicted molar refractivity (Wildman–Crippen MR) is 73.8 cm³/mol. The monoisotopic (exact) mass is 264 g/mol. The lowest BCUT2D eigenvalue weighted by Gasteiger charge is -2.22. The number of ether oxygens (including phenoxy) is 2. The molecular weight excluding hydrogens is 244 g/mol. The minimum absolute atomic E-state index is 0.00641. The summed E-state index contributed by atoms with van der Waals surface area (Å²) in [5.41, 5.74) is 0.718. The third-order valence-corrected chi connectivity index (χ3v) is 3.28. The zero-order chi connectivity index (χ0) is 13.7. The van der Waals surface area contributed by atoms with Gasteiger partial charge in [-0.15, -0.1) is 0 Å². The number of carbonyl (C=O) groups is 1. The van der Waals surface area contributed by atoms with Gasteiger partial charge in [-0.1, -0.05) is 6.42 Å². The van der Waals surface area contributed by atoms with Gasteiger partial charge in [0.05, 0.1) is 20.3 Å². The molecule has 0 saturated carbocycles. The minimum Gasteiger partial charge on any atom is -0.493 e. The average molecular weight is 264 g/mol. The number of methoxy groups -OCH3 is 2. The second-order valence-electron chi connectivity index (χ2n) is 4.56. The first-order valence-electron chi connectivity index (χ1n) is 6.51. The van der Waals surface area contributed by atoms with Crippen LogP contribution in [0, 0.1) is 0 Å². The van der Waals surface area contributed by atoms with Crippen LogP contribution in [0.15, 0.2) is 18.2 Å². The molecule has 1 fully saturated rings. The van der Waals surface area contributed by atoms with Crippen LogP contribution in [0.2, 0.25) is 0 Å². The van der Waals surface area contributed by atoms with E-state index in [9.17, 15) is 4.79 Å². The predicted octanol–water partition coefficient (Wildman–Crippen LogP) is 1.78. The molecule has 1 aliphatic rings. The molecule has 19 heavy (non-hydrogen) atoms. The van der Waals surface area contributed by atoms with Crippen LogP contribution in [-0.4, -0.2) is 32.7 Å². The highest BCUT2D eigenvalue weighted by molar-refractivity contribution is 5.95. The number of amides is 1. The Labute approximate surface area is 113 Å². The molecule has 0 spiro atoms. The molecule has 0 aromatic heterocycles. The quantitative estimate of drug-likeness (QED) is 0.870. The normalized spacial score (nSPS) is 18.7. The van der Waals surface area contributed by atoms with Gasteiger partial charge in [0.1, 0.15) is 0 Å². The van der Waals surface area contributed by atoms with Crippen LogP contribution in [-0.2, 0) is 4.79 Å². The minimum atomic E-state index is -0.0955. The number of nitrogens with one attached hydrogen (secondary N) is 2. The second-order valence-corrected chi connectivity index (χ2v) is 4.56. The summed E-state index contributed by atoms with van der Waals surface area (Å²) in [6, 6.07) is 5.26. The lowest BCUT2D eigenvalue weighted by Crippen LogP contribution is -2.43. The van der Waals surface area contributed by atoms with Gasteiger partial charge in [-0.2, -0.15) is 0 Å². The van der Waals surface area contributed by atoms with Crippen LogP contribution in [0.3, 0.4) is 0 Å². The summed E-state index contributed by atoms with van der Waals surface area (Å²) in [6.07, 6.45) is 3.12. The van der Waals surface area contributed by atoms with E-state index in [0.717, 1.165) is 31.5 Å². The summed E-state index contributed by atoms with van der Waals surface area (Å²) in [7, 11) is 3.16. The van der Waals surface area contributed by atoms with Gasteiger partial charge >= 0.3 is 0 Å². The van der Waals surface area contributed by atoms with Crippen LogP contribution in [0.5, 0.6) is 11.5 Å². The number of anilines is 1. The number of hydrogen-bond donors (Lipinski definition) is 2. The Kier molecular flexibility index (Phi) is 4.63. The second kappa shape index (κ2) is 6.43. The summed E-state index contributed by atoms with van der Waals surface area (Å²) in [6.45, 7) is 0.907. The number of rotatable bonds is 4. The first-order chi connectivity index (χ1) is 9.24. The topological polar surface area (TPSA) is 59.6 Å². The largest absolute Gasteiger partial charge is 0.493 e. The lowest BCUT2D eigenvalue weighted by molar-refractivity contribution is -0.118. The Morgan fingerprint density at radius 3 is 2.68 bits per heavy atom. The van der Waals surface area contributed by atoms with Crippen LogP contribution in [0.1, 0.15) is 19.3 Å². The molecule has 1 aromatic carbocycles. The molecule has 2 N–H and O–H groups in total. The molecule has 5 heteroatoms. The average Bonchev–Trinajstić information content (AvgIpc) is 2.48. The number of hydrogen-bond acceptors (Lipinski definition) is 4. The molecule has 1 saturated heterocycles. The van der Waals surface area contributed by atoms with Crippen LogP contribution < -0.4 is 20.1 Å². The van der Waals surface area contributed by atoms with E-state index in [1.54, 1.807) is 26.4 Å². The molecule has 104 valence electrons. The zero-order valence-electron chi connectivity index (χ0n) is 11.4. The third-order valence-electron chi connectivity index (χ3n) is 3.28. The SMILES string of the molecule is COc1ccc(NC(=O)[C@@H]2CCCCN2)cc1OC. The Morgan fingerprint density at radius 1 is 1.26 bits per heavy atom. The van der Waals surface area contributed by atoms with Crippen molar-refractivity contribution >= 4 is 11.6 Å². The highest BCUT2D eigenvalue weighted by atomic mass is 16.5. The van der Waals surface area contributed by atoms with E-state index in [1.165, 1.54) is 0 Å². The highest BCUT2D eigenvalue weighted by Gasteiger charge is 2.20. The molecular formula is C14H20N2O3. The molecule has 0 radical (unpaired) electrons. The molecule has 5 nitrogen and oxygen atoms in total. The highest BCUT2D eigenvalue weighted by Crippen LogP contribution is 2.29. The Morgan fingerprint density at radius 2 is 2.05 bits per heavy atom. The van der Waals surface area contributed by atoms with Crippen molar-refractivity contribution in [3.8, 4) is 11.5 Å². The maximum atomic E-state index is 12.1. The van der Waals surface area contributed by atoms with Crippen molar-refractivity contribution in [2.24, 2.45) is 0 Å². The van der Waals surface area contributed by atoms with E-state index in [0.29, 0.717) is 11.5 Å². The molecule has 0 unspecified atom stereocenters. The lowest BCUT2D eigenvalue weighted by atomic mass is 10.0. The van der Waals surface area contributed by atoms with Gasteiger partial charge in [-0.3, -0.25) is 4.79 Å². The molecule has 1 amide bonds. The molecule has 0 aliphatic carbocycles. The fourth-order valence-electron chi connectivity index (χ4n) is 2.22. The fourth-order valence-corrected chi connectivity index (χ4v) is 2.22. The van der Waals surface area contributed by atoms with Crippen molar-refractivity contribution in [2.45, 2.75) is 25.3 Å². The van der Waals surface area contributed by atoms with Crippen molar-refractivity contribution in [2.75, 3.05) is 26.1 Å². The maximum Gasteiger partial charge on any atom is 0.241 e. The zero-order valence-corrected chi connectivity index (χ0v) is 11.4. The Balaban J connectivity index is 2.03. The van der Waals surface area contributed by atoms with Gasteiger partial charge in [0.25, 0.3) is 0 Å². The van der Waals surface area contributed by atoms with Gasteiger partial charge in [0.2, 0.25) is 5.91 Å². The van der Waals surface area contributed by atoms with Gasteiger partial charge in [-0.05, 0) is 31.5 Å². The van der Waals surface area contributed by atoms with Gasteiger partial charge < -0.3 is 20.1 Å². The van der Waals surface area contributed by atoms with E-state index in [4.69, 9.17) is 9.47 Å². The number of carbonyl (C=O) groups excluding carboxylic acids is 1. The summed E-state index contributed by atoms with van der Waals surface area (Å²) < 4.78 is 10.4. The molecule has 1 aliphatic heterocycles. The molecule has 1 heterocycles. The summed E-state index contributed by atoms with van der Waals surface area (Å²) in [4.78, 5) is 12.1. The van der Waals surface area contributed by atoms with Gasteiger partial charge in [0.15, 0.2) is 11.5 Å². The standard InChI is InChI=1S/C14H20N2O3/c1-18-12-7-6-10(9-13(12)19-2)16-14(17)11-5-3-4-8-15-11/h6-7,9,11,15H,3-5,8H2,1-2H3,(H,16,17)/t11-/m0/s1. The Hall–Kier alpha value is -1.75. The first-order valence-corrected chi connectivity index (χ1v) is 6.51. The first kappa shape index (κ1) is 13.7. The Bertz CT molecular complexity index is 442.